The van der Waals surface area contributed by atoms with E-state index < -0.39 is 10.8 Å². The van der Waals surface area contributed by atoms with Gasteiger partial charge in [-0.3, -0.25) is 14.9 Å². The minimum absolute atomic E-state index is 0.122. The first-order valence-electron chi connectivity index (χ1n) is 8.69. The number of benzene rings is 2. The summed E-state index contributed by atoms with van der Waals surface area (Å²) in [5.74, 6) is 1.04. The SMILES string of the molecule is CCOc1ccc(/C=C/C(=O)Nc2ccc([N+](=O)[O-])cc2OC)cc1OCC. The molecule has 8 nitrogen and oxygen atoms in total. The Morgan fingerprint density at radius 3 is 2.43 bits per heavy atom. The summed E-state index contributed by atoms with van der Waals surface area (Å²) in [5, 5.41) is 13.5. The lowest BCUT2D eigenvalue weighted by molar-refractivity contribution is -0.384. The third-order valence-electron chi connectivity index (χ3n) is 3.65. The second kappa shape index (κ2) is 9.96. The van der Waals surface area contributed by atoms with Gasteiger partial charge in [0.15, 0.2) is 11.5 Å². The van der Waals surface area contributed by atoms with Crippen LogP contribution in [0.3, 0.4) is 0 Å². The lowest BCUT2D eigenvalue weighted by Gasteiger charge is -2.11. The smallest absolute Gasteiger partial charge is 0.273 e. The fourth-order valence-corrected chi connectivity index (χ4v) is 2.41. The van der Waals surface area contributed by atoms with E-state index in [0.29, 0.717) is 30.4 Å². The van der Waals surface area contributed by atoms with E-state index in [-0.39, 0.29) is 11.4 Å². The normalized spacial score (nSPS) is 10.5. The van der Waals surface area contributed by atoms with Crippen molar-refractivity contribution in [1.29, 1.82) is 0 Å². The molecule has 148 valence electrons. The van der Waals surface area contributed by atoms with Gasteiger partial charge in [0.25, 0.3) is 5.69 Å². The molecule has 0 spiro atoms. The summed E-state index contributed by atoms with van der Waals surface area (Å²) in [7, 11) is 1.37. The molecule has 2 rings (SSSR count). The lowest BCUT2D eigenvalue weighted by Crippen LogP contribution is -2.09. The van der Waals surface area contributed by atoms with Crippen LogP contribution in [0.5, 0.6) is 17.2 Å². The van der Waals surface area contributed by atoms with Crippen LogP contribution < -0.4 is 19.5 Å². The van der Waals surface area contributed by atoms with Crippen LogP contribution in [0.1, 0.15) is 19.4 Å². The second-order valence-electron chi connectivity index (χ2n) is 5.54. The molecule has 0 aromatic heterocycles. The molecular formula is C20H22N2O6. The highest BCUT2D eigenvalue weighted by molar-refractivity contribution is 6.02. The number of carbonyl (C=O) groups is 1. The predicted molar refractivity (Wildman–Crippen MR) is 106 cm³/mol. The van der Waals surface area contributed by atoms with E-state index in [9.17, 15) is 14.9 Å². The van der Waals surface area contributed by atoms with Gasteiger partial charge < -0.3 is 19.5 Å². The van der Waals surface area contributed by atoms with E-state index in [1.807, 2.05) is 19.9 Å². The minimum Gasteiger partial charge on any atom is -0.494 e. The van der Waals surface area contributed by atoms with Gasteiger partial charge in [0.2, 0.25) is 5.91 Å². The van der Waals surface area contributed by atoms with Crippen molar-refractivity contribution in [2.75, 3.05) is 25.6 Å². The summed E-state index contributed by atoms with van der Waals surface area (Å²) < 4.78 is 16.2. The highest BCUT2D eigenvalue weighted by Gasteiger charge is 2.12. The van der Waals surface area contributed by atoms with Gasteiger partial charge in [0.1, 0.15) is 5.75 Å². The molecule has 0 unspecified atom stereocenters. The number of amides is 1. The number of nitrogens with zero attached hydrogens (tertiary/aromatic N) is 1. The van der Waals surface area contributed by atoms with Crippen molar-refractivity contribution in [3.05, 3.63) is 58.2 Å². The number of methoxy groups -OCH3 is 1. The zero-order valence-electron chi connectivity index (χ0n) is 15.9. The molecule has 0 aliphatic heterocycles. The average Bonchev–Trinajstić information content (AvgIpc) is 2.68. The van der Waals surface area contributed by atoms with Crippen molar-refractivity contribution in [3.8, 4) is 17.2 Å². The van der Waals surface area contributed by atoms with Crippen LogP contribution >= 0.6 is 0 Å². The van der Waals surface area contributed by atoms with E-state index in [1.165, 1.54) is 31.4 Å². The number of hydrogen-bond acceptors (Lipinski definition) is 6. The average molecular weight is 386 g/mol. The van der Waals surface area contributed by atoms with Gasteiger partial charge in [-0.1, -0.05) is 6.07 Å². The van der Waals surface area contributed by atoms with Gasteiger partial charge in [0.05, 0.1) is 37.0 Å². The molecule has 0 saturated heterocycles. The van der Waals surface area contributed by atoms with Gasteiger partial charge in [-0.15, -0.1) is 0 Å². The molecule has 1 N–H and O–H groups in total. The van der Waals surface area contributed by atoms with Crippen LogP contribution in [0.2, 0.25) is 0 Å². The van der Waals surface area contributed by atoms with Crippen molar-refractivity contribution in [2.24, 2.45) is 0 Å². The van der Waals surface area contributed by atoms with Gasteiger partial charge in [-0.2, -0.15) is 0 Å². The van der Waals surface area contributed by atoms with Crippen LogP contribution in [-0.2, 0) is 4.79 Å². The van der Waals surface area contributed by atoms with Gasteiger partial charge in [-0.25, -0.2) is 0 Å². The number of non-ortho nitro benzene ring substituents is 1. The van der Waals surface area contributed by atoms with Crippen molar-refractivity contribution in [1.82, 2.24) is 0 Å². The van der Waals surface area contributed by atoms with E-state index in [2.05, 4.69) is 5.32 Å². The molecule has 8 heteroatoms. The Balaban J connectivity index is 2.13. The Bertz CT molecular complexity index is 879. The molecule has 0 atom stereocenters. The predicted octanol–water partition coefficient (Wildman–Crippen LogP) is 4.05. The zero-order valence-corrected chi connectivity index (χ0v) is 15.9. The van der Waals surface area contributed by atoms with E-state index in [4.69, 9.17) is 14.2 Å². The maximum atomic E-state index is 12.2. The molecule has 2 aromatic carbocycles. The summed E-state index contributed by atoms with van der Waals surface area (Å²) in [5.41, 5.74) is 0.977. The van der Waals surface area contributed by atoms with Crippen LogP contribution in [0.25, 0.3) is 6.08 Å². The lowest BCUT2D eigenvalue weighted by atomic mass is 10.2. The molecule has 0 saturated carbocycles. The van der Waals surface area contributed by atoms with E-state index in [0.717, 1.165) is 5.56 Å². The zero-order chi connectivity index (χ0) is 20.5. The number of hydrogen-bond donors (Lipinski definition) is 1. The first kappa shape index (κ1) is 20.8. The number of nitrogens with one attached hydrogen (secondary N) is 1. The number of nitro benzene ring substituents is 1. The van der Waals surface area contributed by atoms with Crippen LogP contribution in [0, 0.1) is 10.1 Å². The molecule has 0 radical (unpaired) electrons. The summed E-state index contributed by atoms with van der Waals surface area (Å²) >= 11 is 0. The van der Waals surface area contributed by atoms with Crippen LogP contribution in [-0.4, -0.2) is 31.2 Å². The summed E-state index contributed by atoms with van der Waals surface area (Å²) in [6.45, 7) is 4.78. The van der Waals surface area contributed by atoms with Crippen LogP contribution in [0.15, 0.2) is 42.5 Å². The quantitative estimate of drug-likeness (QED) is 0.396. The van der Waals surface area contributed by atoms with E-state index >= 15 is 0 Å². The molecule has 2 aromatic rings. The maximum Gasteiger partial charge on any atom is 0.273 e. The Hall–Kier alpha value is -3.55. The standard InChI is InChI=1S/C20H22N2O6/c1-4-27-17-10-6-14(12-19(17)28-5-2)7-11-20(23)21-16-9-8-15(22(24)25)13-18(16)26-3/h6-13H,4-5H2,1-3H3,(H,21,23)/b11-7+. The summed E-state index contributed by atoms with van der Waals surface area (Å²) in [6.07, 6.45) is 2.98. The number of rotatable bonds is 9. The minimum atomic E-state index is -0.532. The van der Waals surface area contributed by atoms with Crippen molar-refractivity contribution in [3.63, 3.8) is 0 Å². The van der Waals surface area contributed by atoms with Crippen molar-refractivity contribution >= 4 is 23.4 Å². The Labute approximate surface area is 162 Å². The molecular weight excluding hydrogens is 364 g/mol. The third-order valence-corrected chi connectivity index (χ3v) is 3.65. The number of nitro groups is 1. The first-order chi connectivity index (χ1) is 13.5. The Morgan fingerprint density at radius 1 is 1.07 bits per heavy atom. The highest BCUT2D eigenvalue weighted by Crippen LogP contribution is 2.30. The number of ether oxygens (including phenoxy) is 3. The highest BCUT2D eigenvalue weighted by atomic mass is 16.6. The Morgan fingerprint density at radius 2 is 1.79 bits per heavy atom. The van der Waals surface area contributed by atoms with Crippen molar-refractivity contribution < 1.29 is 23.9 Å². The topological polar surface area (TPSA) is 99.9 Å². The first-order valence-corrected chi connectivity index (χ1v) is 8.69. The van der Waals surface area contributed by atoms with E-state index in [1.54, 1.807) is 18.2 Å². The summed E-state index contributed by atoms with van der Waals surface area (Å²) in [6, 6.07) is 9.34. The largest absolute Gasteiger partial charge is 0.494 e. The molecule has 1 amide bonds. The van der Waals surface area contributed by atoms with Gasteiger partial charge in [0, 0.05) is 12.1 Å². The molecule has 0 aliphatic rings. The van der Waals surface area contributed by atoms with Crippen molar-refractivity contribution in [2.45, 2.75) is 13.8 Å². The summed E-state index contributed by atoms with van der Waals surface area (Å²) in [4.78, 5) is 22.5. The fraction of sp³-hybridized carbons (Fsp3) is 0.250. The number of anilines is 1. The molecule has 0 aliphatic carbocycles. The Kier molecular flexibility index (Phi) is 7.38. The van der Waals surface area contributed by atoms with Gasteiger partial charge in [-0.05, 0) is 43.7 Å². The maximum absolute atomic E-state index is 12.2. The molecule has 0 bridgehead atoms. The van der Waals surface area contributed by atoms with Crippen LogP contribution in [0.4, 0.5) is 11.4 Å². The second-order valence-corrected chi connectivity index (χ2v) is 5.54. The van der Waals surface area contributed by atoms with Gasteiger partial charge >= 0.3 is 0 Å². The third kappa shape index (κ3) is 5.47. The number of carbonyl (C=O) groups excluding carboxylic acids is 1. The monoisotopic (exact) mass is 386 g/mol. The molecule has 0 fully saturated rings. The molecule has 28 heavy (non-hydrogen) atoms. The molecule has 0 heterocycles. The fourth-order valence-electron chi connectivity index (χ4n) is 2.41.